The number of rotatable bonds is 7. The third-order valence-corrected chi connectivity index (χ3v) is 5.84. The first-order valence-electron chi connectivity index (χ1n) is 8.23. The van der Waals surface area contributed by atoms with Crippen molar-refractivity contribution in [1.29, 1.82) is 0 Å². The summed E-state index contributed by atoms with van der Waals surface area (Å²) in [6.45, 7) is 1.29. The lowest BCUT2D eigenvalue weighted by molar-refractivity contribution is -0.124. The first-order valence-corrected chi connectivity index (χ1v) is 9.11. The van der Waals surface area contributed by atoms with E-state index in [9.17, 15) is 4.79 Å². The number of carbonyl (C=O) groups is 1. The second-order valence-electron chi connectivity index (χ2n) is 6.74. The Morgan fingerprint density at radius 2 is 2.00 bits per heavy atom. The third kappa shape index (κ3) is 6.52. The lowest BCUT2D eigenvalue weighted by Crippen LogP contribution is -2.40. The van der Waals surface area contributed by atoms with Crippen LogP contribution in [0, 0.1) is 5.41 Å². The number of hydrogen-bond acceptors (Lipinski definition) is 4. The maximum atomic E-state index is 12.4. The Hall–Kier alpha value is -0.330. The Morgan fingerprint density at radius 1 is 1.33 bits per heavy atom. The van der Waals surface area contributed by atoms with Crippen molar-refractivity contribution in [3.05, 3.63) is 22.4 Å². The Bertz CT molecular complexity index is 462. The Balaban J connectivity index is 0.00000264. The average molecular weight is 396 g/mol. The topological polar surface area (TPSA) is 58.4 Å². The van der Waals surface area contributed by atoms with Crippen LogP contribution < -0.4 is 11.1 Å². The van der Waals surface area contributed by atoms with E-state index in [4.69, 9.17) is 5.73 Å². The van der Waals surface area contributed by atoms with E-state index in [0.29, 0.717) is 19.5 Å². The van der Waals surface area contributed by atoms with Gasteiger partial charge in [-0.05, 0) is 50.3 Å². The summed E-state index contributed by atoms with van der Waals surface area (Å²) < 4.78 is 0. The average Bonchev–Trinajstić information content (AvgIpc) is 3.02. The van der Waals surface area contributed by atoms with Crippen LogP contribution in [0.5, 0.6) is 0 Å². The van der Waals surface area contributed by atoms with Crippen LogP contribution in [0.25, 0.3) is 0 Å². The molecule has 0 bridgehead atoms. The predicted octanol–water partition coefficient (Wildman–Crippen LogP) is 3.61. The smallest absolute Gasteiger partial charge is 0.220 e. The number of nitrogens with one attached hydrogen (secondary N) is 1. The molecule has 1 amide bonds. The van der Waals surface area contributed by atoms with Crippen LogP contribution in [0.1, 0.15) is 49.4 Å². The fourth-order valence-corrected chi connectivity index (χ4v) is 4.31. The predicted molar refractivity (Wildman–Crippen MR) is 107 cm³/mol. The van der Waals surface area contributed by atoms with Gasteiger partial charge in [0.25, 0.3) is 0 Å². The summed E-state index contributed by atoms with van der Waals surface area (Å²) in [7, 11) is 4.11. The zero-order valence-corrected chi connectivity index (χ0v) is 17.1. The normalized spacial score (nSPS) is 17.5. The van der Waals surface area contributed by atoms with Gasteiger partial charge in [-0.2, -0.15) is 0 Å². The molecule has 2 rings (SSSR count). The first-order chi connectivity index (χ1) is 10.6. The number of thiophene rings is 1. The highest BCUT2D eigenvalue weighted by molar-refractivity contribution is 7.10. The molecule has 1 aromatic heterocycles. The number of carbonyl (C=O) groups excluding carboxylic acids is 1. The number of halogens is 2. The maximum absolute atomic E-state index is 12.4. The number of hydrogen-bond donors (Lipinski definition) is 2. The lowest BCUT2D eigenvalue weighted by atomic mass is 9.71. The van der Waals surface area contributed by atoms with E-state index < -0.39 is 0 Å². The summed E-state index contributed by atoms with van der Waals surface area (Å²) in [5, 5.41) is 5.21. The van der Waals surface area contributed by atoms with Gasteiger partial charge in [0.1, 0.15) is 0 Å². The van der Waals surface area contributed by atoms with Gasteiger partial charge in [0.05, 0.1) is 6.04 Å². The minimum absolute atomic E-state index is 0. The van der Waals surface area contributed by atoms with Crippen LogP contribution in [0.3, 0.4) is 0 Å². The van der Waals surface area contributed by atoms with Crippen LogP contribution >= 0.6 is 36.2 Å². The minimum Gasteiger partial charge on any atom is -0.354 e. The molecule has 140 valence electrons. The SMILES string of the molecule is CN(C)C(CNC(=O)CC1(CN)CCCCC1)c1cccs1.Cl.Cl. The van der Waals surface area contributed by atoms with E-state index in [1.54, 1.807) is 11.3 Å². The Kier molecular flexibility index (Phi) is 11.2. The molecule has 1 fully saturated rings. The fraction of sp³-hybridized carbons (Fsp3) is 0.706. The molecular weight excluding hydrogens is 365 g/mol. The van der Waals surface area contributed by atoms with Gasteiger partial charge >= 0.3 is 0 Å². The molecule has 1 saturated carbocycles. The largest absolute Gasteiger partial charge is 0.354 e. The third-order valence-electron chi connectivity index (χ3n) is 4.87. The van der Waals surface area contributed by atoms with E-state index in [-0.39, 0.29) is 42.2 Å². The van der Waals surface area contributed by atoms with E-state index in [1.807, 2.05) is 0 Å². The quantitative estimate of drug-likeness (QED) is 0.740. The summed E-state index contributed by atoms with van der Waals surface area (Å²) in [5.74, 6) is 0.149. The standard InChI is InChI=1S/C17H29N3OS.2ClH/c1-20(2)14(15-7-6-10-22-15)12-19-16(21)11-17(13-18)8-4-3-5-9-17;;/h6-7,10,14H,3-5,8-9,11-13,18H2,1-2H3,(H,19,21);2*1H. The molecule has 24 heavy (non-hydrogen) atoms. The molecule has 1 heterocycles. The van der Waals surface area contributed by atoms with E-state index in [1.165, 1.54) is 24.1 Å². The van der Waals surface area contributed by atoms with Crippen molar-refractivity contribution in [3.63, 3.8) is 0 Å². The molecule has 0 aliphatic heterocycles. The molecule has 0 radical (unpaired) electrons. The van der Waals surface area contributed by atoms with Gasteiger partial charge < -0.3 is 16.0 Å². The number of amides is 1. The summed E-state index contributed by atoms with van der Waals surface area (Å²) in [6, 6.07) is 4.43. The van der Waals surface area contributed by atoms with Crippen LogP contribution in [0.2, 0.25) is 0 Å². The van der Waals surface area contributed by atoms with Crippen molar-refractivity contribution in [2.75, 3.05) is 27.2 Å². The van der Waals surface area contributed by atoms with Gasteiger partial charge in [-0.1, -0.05) is 25.3 Å². The molecule has 0 aromatic carbocycles. The summed E-state index contributed by atoms with van der Waals surface area (Å²) in [6.07, 6.45) is 6.47. The van der Waals surface area contributed by atoms with Crippen LogP contribution in [-0.4, -0.2) is 38.0 Å². The van der Waals surface area contributed by atoms with E-state index in [0.717, 1.165) is 12.8 Å². The van der Waals surface area contributed by atoms with Crippen LogP contribution in [0.15, 0.2) is 17.5 Å². The zero-order valence-electron chi connectivity index (χ0n) is 14.6. The van der Waals surface area contributed by atoms with Crippen molar-refractivity contribution >= 4 is 42.1 Å². The molecule has 7 heteroatoms. The molecule has 1 atom stereocenters. The molecule has 0 spiro atoms. The van der Waals surface area contributed by atoms with Gasteiger partial charge in [-0.15, -0.1) is 36.2 Å². The molecular formula is C17H31Cl2N3OS. The second-order valence-corrected chi connectivity index (χ2v) is 7.72. The van der Waals surface area contributed by atoms with Crippen LogP contribution in [0.4, 0.5) is 0 Å². The molecule has 4 nitrogen and oxygen atoms in total. The van der Waals surface area contributed by atoms with Gasteiger partial charge in [-0.25, -0.2) is 0 Å². The van der Waals surface area contributed by atoms with E-state index >= 15 is 0 Å². The molecule has 1 aliphatic rings. The van der Waals surface area contributed by atoms with Crippen molar-refractivity contribution in [2.24, 2.45) is 11.1 Å². The summed E-state index contributed by atoms with van der Waals surface area (Å²) in [5.41, 5.74) is 6.02. The number of nitrogens with zero attached hydrogens (tertiary/aromatic N) is 1. The van der Waals surface area contributed by atoms with Crippen molar-refractivity contribution in [1.82, 2.24) is 10.2 Å². The van der Waals surface area contributed by atoms with Crippen molar-refractivity contribution in [2.45, 2.75) is 44.6 Å². The molecule has 0 saturated heterocycles. The Labute approximate surface area is 162 Å². The molecule has 3 N–H and O–H groups in total. The number of likely N-dealkylation sites (N-methyl/N-ethyl adjacent to an activating group) is 1. The highest BCUT2D eigenvalue weighted by atomic mass is 35.5. The van der Waals surface area contributed by atoms with Crippen molar-refractivity contribution in [3.8, 4) is 0 Å². The summed E-state index contributed by atoms with van der Waals surface area (Å²) >= 11 is 1.74. The highest BCUT2D eigenvalue weighted by Gasteiger charge is 2.33. The number of nitrogens with two attached hydrogens (primary N) is 1. The van der Waals surface area contributed by atoms with Gasteiger partial charge in [0.15, 0.2) is 0 Å². The van der Waals surface area contributed by atoms with E-state index in [2.05, 4.69) is 41.8 Å². The highest BCUT2D eigenvalue weighted by Crippen LogP contribution is 2.38. The molecule has 1 unspecified atom stereocenters. The molecule has 1 aliphatic carbocycles. The monoisotopic (exact) mass is 395 g/mol. The zero-order chi connectivity index (χ0) is 16.0. The molecule has 1 aromatic rings. The first kappa shape index (κ1) is 23.7. The summed E-state index contributed by atoms with van der Waals surface area (Å²) in [4.78, 5) is 15.8. The van der Waals surface area contributed by atoms with Gasteiger partial charge in [0, 0.05) is 17.8 Å². The van der Waals surface area contributed by atoms with Gasteiger partial charge in [0.2, 0.25) is 5.91 Å². The second kappa shape index (κ2) is 11.3. The lowest BCUT2D eigenvalue weighted by Gasteiger charge is -2.36. The fourth-order valence-electron chi connectivity index (χ4n) is 3.39. The Morgan fingerprint density at radius 3 is 2.50 bits per heavy atom. The minimum atomic E-state index is 0. The maximum Gasteiger partial charge on any atom is 0.220 e. The van der Waals surface area contributed by atoms with Crippen LogP contribution in [-0.2, 0) is 4.79 Å². The van der Waals surface area contributed by atoms with Crippen molar-refractivity contribution < 1.29 is 4.79 Å². The van der Waals surface area contributed by atoms with Gasteiger partial charge in [-0.3, -0.25) is 4.79 Å².